The van der Waals surface area contributed by atoms with Crippen molar-refractivity contribution in [3.05, 3.63) is 77.6 Å². The molecular formula is C33H50N6O. The fourth-order valence-corrected chi connectivity index (χ4v) is 3.61. The Hall–Kier alpha value is -3.61. The van der Waals surface area contributed by atoms with Crippen LogP contribution in [0.1, 0.15) is 126 Å². The molecule has 3 aromatic rings. The molecule has 3 N–H and O–H groups in total. The lowest BCUT2D eigenvalue weighted by Gasteiger charge is -2.04. The maximum absolute atomic E-state index is 12.0. The van der Waals surface area contributed by atoms with E-state index in [1.165, 1.54) is 57.8 Å². The predicted molar refractivity (Wildman–Crippen MR) is 170 cm³/mol. The Morgan fingerprint density at radius 2 is 1.48 bits per heavy atom. The number of amidine groups is 2. The largest absolute Gasteiger partial charge is 0.382 e. The molecular weight excluding hydrogens is 496 g/mol. The van der Waals surface area contributed by atoms with Crippen LogP contribution in [0.2, 0.25) is 0 Å². The Labute approximate surface area is 241 Å². The van der Waals surface area contributed by atoms with E-state index in [2.05, 4.69) is 52.6 Å². The zero-order valence-electron chi connectivity index (χ0n) is 25.5. The number of H-pyrrole nitrogens is 1. The van der Waals surface area contributed by atoms with Crippen LogP contribution in [0, 0.1) is 6.92 Å². The van der Waals surface area contributed by atoms with Crippen molar-refractivity contribution in [2.45, 2.75) is 106 Å². The summed E-state index contributed by atoms with van der Waals surface area (Å²) in [5.41, 5.74) is 9.42. The quantitative estimate of drug-likeness (QED) is 0.102. The van der Waals surface area contributed by atoms with Crippen molar-refractivity contribution < 1.29 is 4.79 Å². The van der Waals surface area contributed by atoms with Gasteiger partial charge < -0.3 is 10.7 Å². The number of pyridine rings is 2. The molecule has 0 fully saturated rings. The highest BCUT2D eigenvalue weighted by Crippen LogP contribution is 2.15. The number of aryl methyl sites for hydroxylation is 1. The number of Topliss-reactive ketones (excluding diaryl/α,β-unsaturated/α-hetero) is 1. The monoisotopic (exact) mass is 546 g/mol. The summed E-state index contributed by atoms with van der Waals surface area (Å²) >= 11 is 0. The van der Waals surface area contributed by atoms with Crippen LogP contribution in [0.25, 0.3) is 0 Å². The van der Waals surface area contributed by atoms with Gasteiger partial charge in [-0.05, 0) is 37.3 Å². The van der Waals surface area contributed by atoms with Gasteiger partial charge in [0.05, 0.1) is 11.4 Å². The van der Waals surface area contributed by atoms with Crippen LogP contribution in [0.15, 0.2) is 65.0 Å². The Morgan fingerprint density at radius 1 is 0.875 bits per heavy atom. The van der Waals surface area contributed by atoms with Crippen molar-refractivity contribution >= 4 is 23.1 Å². The van der Waals surface area contributed by atoms with Gasteiger partial charge >= 0.3 is 0 Å². The lowest BCUT2D eigenvalue weighted by molar-refractivity contribution is 0.0988. The molecule has 0 bridgehead atoms. The molecule has 0 spiro atoms. The number of carbonyl (C=O) groups is 1. The number of nitrogens with zero attached hydrogens (tertiary/aromatic N) is 4. The normalized spacial score (nSPS) is 11.2. The number of nitrogens with one attached hydrogen (secondary N) is 1. The van der Waals surface area contributed by atoms with Gasteiger partial charge in [-0.2, -0.15) is 0 Å². The summed E-state index contributed by atoms with van der Waals surface area (Å²) < 4.78 is 0. The Kier molecular flexibility index (Phi) is 18.3. The molecule has 218 valence electrons. The zero-order chi connectivity index (χ0) is 29.6. The number of hydrogen-bond acceptors (Lipinski definition) is 4. The van der Waals surface area contributed by atoms with Gasteiger partial charge in [-0.15, -0.1) is 0 Å². The SMILES string of the molecule is CCC(=O)c1c[nH]c(C(N=C(N)c2cccc(C)n2)=Nc2ccncc2)c1.CCCCCC.CCCCCCC. The summed E-state index contributed by atoms with van der Waals surface area (Å²) in [5, 5.41) is 0. The molecule has 7 nitrogen and oxygen atoms in total. The van der Waals surface area contributed by atoms with Crippen LogP contribution in [0.4, 0.5) is 5.69 Å². The average Bonchev–Trinajstić information content (AvgIpc) is 3.47. The third-order valence-electron chi connectivity index (χ3n) is 6.01. The van der Waals surface area contributed by atoms with Crippen LogP contribution in [-0.2, 0) is 0 Å². The van der Waals surface area contributed by atoms with Gasteiger partial charge in [-0.3, -0.25) is 9.78 Å². The summed E-state index contributed by atoms with van der Waals surface area (Å²) in [7, 11) is 0. The summed E-state index contributed by atoms with van der Waals surface area (Å²) in [4.78, 5) is 32.4. The van der Waals surface area contributed by atoms with Crippen LogP contribution >= 0.6 is 0 Å². The van der Waals surface area contributed by atoms with Crippen molar-refractivity contribution in [2.75, 3.05) is 0 Å². The zero-order valence-corrected chi connectivity index (χ0v) is 25.5. The Balaban J connectivity index is 0.000000512. The number of aliphatic imine (C=N–C) groups is 2. The third-order valence-corrected chi connectivity index (χ3v) is 6.01. The maximum Gasteiger partial charge on any atom is 0.178 e. The molecule has 0 amide bonds. The fraction of sp³-hybridized carbons (Fsp3) is 0.485. The smallest absolute Gasteiger partial charge is 0.178 e. The molecule has 3 aromatic heterocycles. The molecule has 0 atom stereocenters. The number of unbranched alkanes of at least 4 members (excludes halogenated alkanes) is 7. The number of rotatable bonds is 12. The minimum Gasteiger partial charge on any atom is -0.382 e. The second-order valence-electron chi connectivity index (χ2n) is 9.65. The topological polar surface area (TPSA) is 109 Å². The molecule has 0 aromatic carbocycles. The molecule has 0 saturated heterocycles. The van der Waals surface area contributed by atoms with Crippen molar-refractivity contribution in [2.24, 2.45) is 15.7 Å². The lowest BCUT2D eigenvalue weighted by atomic mass is 10.2. The van der Waals surface area contributed by atoms with Gasteiger partial charge in [0, 0.05) is 36.3 Å². The van der Waals surface area contributed by atoms with E-state index in [1.807, 2.05) is 26.0 Å². The van der Waals surface area contributed by atoms with Crippen molar-refractivity contribution in [1.82, 2.24) is 15.0 Å². The minimum absolute atomic E-state index is 0.0399. The highest BCUT2D eigenvalue weighted by Gasteiger charge is 2.12. The van der Waals surface area contributed by atoms with Gasteiger partial charge in [0.25, 0.3) is 0 Å². The highest BCUT2D eigenvalue weighted by atomic mass is 16.1. The number of ketones is 1. The van der Waals surface area contributed by atoms with E-state index in [0.29, 0.717) is 34.9 Å². The second-order valence-corrected chi connectivity index (χ2v) is 9.65. The van der Waals surface area contributed by atoms with E-state index in [0.717, 1.165) is 5.69 Å². The van der Waals surface area contributed by atoms with E-state index in [-0.39, 0.29) is 11.6 Å². The first-order valence-corrected chi connectivity index (χ1v) is 14.9. The number of carbonyl (C=O) groups excluding carboxylic acids is 1. The van der Waals surface area contributed by atoms with Gasteiger partial charge in [-0.25, -0.2) is 15.0 Å². The van der Waals surface area contributed by atoms with E-state index in [1.54, 1.807) is 42.9 Å². The first-order chi connectivity index (χ1) is 19.4. The average molecular weight is 547 g/mol. The summed E-state index contributed by atoms with van der Waals surface area (Å²) in [6.07, 6.45) is 17.9. The van der Waals surface area contributed by atoms with Gasteiger partial charge in [0.1, 0.15) is 5.69 Å². The van der Waals surface area contributed by atoms with E-state index in [9.17, 15) is 4.79 Å². The molecule has 0 saturated carbocycles. The van der Waals surface area contributed by atoms with E-state index >= 15 is 0 Å². The van der Waals surface area contributed by atoms with Crippen molar-refractivity contribution in [3.63, 3.8) is 0 Å². The standard InChI is InChI=1S/C20H20N6O.C7H16.C6H14/c1-3-18(27)14-11-17(23-12-14)20(25-15-7-9-22-10-8-15)26-19(21)16-6-4-5-13(2)24-16;1-3-5-7-6-4-2;1-3-5-6-4-2/h4-12,23H,3H2,1-2H3,(H2,21,22,25,26);3-7H2,1-2H3;3-6H2,1-2H3. The molecule has 0 aliphatic heterocycles. The number of aromatic nitrogens is 3. The molecule has 0 aliphatic rings. The van der Waals surface area contributed by atoms with Gasteiger partial charge in [0.2, 0.25) is 0 Å². The molecule has 0 aliphatic carbocycles. The summed E-state index contributed by atoms with van der Waals surface area (Å²) in [5.74, 6) is 0.639. The second kappa shape index (κ2) is 21.2. The fourth-order valence-electron chi connectivity index (χ4n) is 3.61. The Morgan fingerprint density at radius 3 is 2.02 bits per heavy atom. The Bertz CT molecular complexity index is 1140. The number of aromatic amines is 1. The highest BCUT2D eigenvalue weighted by molar-refractivity contribution is 6.11. The van der Waals surface area contributed by atoms with Crippen LogP contribution in [0.3, 0.4) is 0 Å². The molecule has 40 heavy (non-hydrogen) atoms. The molecule has 0 unspecified atom stereocenters. The van der Waals surface area contributed by atoms with Gasteiger partial charge in [-0.1, -0.05) is 98.5 Å². The lowest BCUT2D eigenvalue weighted by Crippen LogP contribution is -2.18. The first kappa shape index (κ1) is 34.4. The molecule has 0 radical (unpaired) electrons. The van der Waals surface area contributed by atoms with Crippen LogP contribution < -0.4 is 5.73 Å². The summed E-state index contributed by atoms with van der Waals surface area (Å²) in [6.45, 7) is 12.7. The van der Waals surface area contributed by atoms with Gasteiger partial charge in [0.15, 0.2) is 17.5 Å². The van der Waals surface area contributed by atoms with Crippen LogP contribution in [0.5, 0.6) is 0 Å². The minimum atomic E-state index is 0.0399. The molecule has 7 heteroatoms. The van der Waals surface area contributed by atoms with Crippen molar-refractivity contribution in [3.8, 4) is 0 Å². The number of nitrogens with two attached hydrogens (primary N) is 1. The van der Waals surface area contributed by atoms with E-state index < -0.39 is 0 Å². The predicted octanol–water partition coefficient (Wildman–Crippen LogP) is 8.75. The first-order valence-electron chi connectivity index (χ1n) is 14.9. The maximum atomic E-state index is 12.0. The molecule has 3 heterocycles. The van der Waals surface area contributed by atoms with Crippen molar-refractivity contribution in [1.29, 1.82) is 0 Å². The van der Waals surface area contributed by atoms with Crippen LogP contribution in [-0.4, -0.2) is 32.4 Å². The summed E-state index contributed by atoms with van der Waals surface area (Å²) in [6, 6.07) is 10.8. The third kappa shape index (κ3) is 14.0. The molecule has 3 rings (SSSR count). The van der Waals surface area contributed by atoms with E-state index in [4.69, 9.17) is 5.73 Å². The number of hydrogen-bond donors (Lipinski definition) is 2.